The van der Waals surface area contributed by atoms with Crippen LogP contribution in [0.1, 0.15) is 24.0 Å². The number of amides is 1. The van der Waals surface area contributed by atoms with Crippen molar-refractivity contribution < 1.29 is 14.6 Å². The Kier molecular flexibility index (Phi) is 3.39. The first kappa shape index (κ1) is 13.9. The summed E-state index contributed by atoms with van der Waals surface area (Å²) in [7, 11) is 0. The summed E-state index contributed by atoms with van der Waals surface area (Å²) in [5, 5.41) is 22.1. The van der Waals surface area contributed by atoms with Gasteiger partial charge in [-0.15, -0.1) is 0 Å². The summed E-state index contributed by atoms with van der Waals surface area (Å²) in [4.78, 5) is 34.0. The minimum Gasteiger partial charge on any atom is -0.311 e. The predicted octanol–water partition coefficient (Wildman–Crippen LogP) is 2.25. The van der Waals surface area contributed by atoms with Gasteiger partial charge in [0.1, 0.15) is 0 Å². The average Bonchev–Trinajstić information content (AvgIpc) is 2.75. The van der Waals surface area contributed by atoms with Crippen LogP contribution in [0.15, 0.2) is 6.07 Å². The minimum atomic E-state index is -0.661. The fourth-order valence-electron chi connectivity index (χ4n) is 2.54. The van der Waals surface area contributed by atoms with Crippen molar-refractivity contribution in [1.82, 2.24) is 0 Å². The van der Waals surface area contributed by atoms with Gasteiger partial charge in [-0.1, -0.05) is 0 Å². The zero-order valence-electron chi connectivity index (χ0n) is 11.1. The molecule has 1 aliphatic heterocycles. The van der Waals surface area contributed by atoms with E-state index in [2.05, 4.69) is 0 Å². The number of nitro groups is 2. The second-order valence-electron chi connectivity index (χ2n) is 4.68. The van der Waals surface area contributed by atoms with Crippen molar-refractivity contribution in [3.63, 3.8) is 0 Å². The second kappa shape index (κ2) is 4.87. The molecular formula is C12H13N3O5. The normalized spacial score (nSPS) is 14.7. The fraction of sp³-hybridized carbons (Fsp3) is 0.417. The van der Waals surface area contributed by atoms with Crippen LogP contribution in [-0.4, -0.2) is 22.3 Å². The van der Waals surface area contributed by atoms with Gasteiger partial charge in [0.25, 0.3) is 11.4 Å². The lowest BCUT2D eigenvalue weighted by molar-refractivity contribution is -0.394. The Balaban J connectivity index is 2.73. The highest BCUT2D eigenvalue weighted by molar-refractivity contribution is 5.98. The summed E-state index contributed by atoms with van der Waals surface area (Å²) in [6.45, 7) is 3.45. The van der Waals surface area contributed by atoms with Crippen molar-refractivity contribution in [2.75, 3.05) is 11.4 Å². The molecular weight excluding hydrogens is 266 g/mol. The molecule has 0 atom stereocenters. The molecule has 106 valence electrons. The molecule has 1 heterocycles. The van der Waals surface area contributed by atoms with Gasteiger partial charge in [-0.2, -0.15) is 0 Å². The molecule has 0 aromatic heterocycles. The van der Waals surface area contributed by atoms with Crippen LogP contribution in [0.3, 0.4) is 0 Å². The first-order chi connectivity index (χ1) is 9.34. The van der Waals surface area contributed by atoms with E-state index in [0.29, 0.717) is 25.1 Å². The summed E-state index contributed by atoms with van der Waals surface area (Å²) in [6, 6.07) is 0.953. The number of carbonyl (C=O) groups is 1. The molecule has 1 aromatic rings. The van der Waals surface area contributed by atoms with Crippen molar-refractivity contribution in [3.8, 4) is 0 Å². The van der Waals surface area contributed by atoms with Crippen molar-refractivity contribution in [2.24, 2.45) is 0 Å². The molecule has 8 heteroatoms. The first-order valence-corrected chi connectivity index (χ1v) is 6.08. The number of anilines is 1. The minimum absolute atomic E-state index is 0.161. The van der Waals surface area contributed by atoms with Gasteiger partial charge < -0.3 is 4.90 Å². The van der Waals surface area contributed by atoms with Gasteiger partial charge >= 0.3 is 0 Å². The van der Waals surface area contributed by atoms with E-state index >= 15 is 0 Å². The molecule has 0 spiro atoms. The number of nitro benzene ring substituents is 2. The van der Waals surface area contributed by atoms with Crippen LogP contribution in [0, 0.1) is 34.1 Å². The van der Waals surface area contributed by atoms with Gasteiger partial charge in [-0.25, -0.2) is 0 Å². The standard InChI is InChI=1S/C12H13N3O5/c1-7-9(14(17)18)6-10(15(19)20)8(2)12(7)13-5-3-4-11(13)16/h6H,3-5H2,1-2H3. The Morgan fingerprint density at radius 3 is 1.95 bits per heavy atom. The zero-order valence-corrected chi connectivity index (χ0v) is 11.1. The maximum atomic E-state index is 11.8. The first-order valence-electron chi connectivity index (χ1n) is 6.08. The second-order valence-corrected chi connectivity index (χ2v) is 4.68. The van der Waals surface area contributed by atoms with Crippen molar-refractivity contribution in [2.45, 2.75) is 26.7 Å². The Morgan fingerprint density at radius 2 is 1.60 bits per heavy atom. The largest absolute Gasteiger partial charge is 0.311 e. The van der Waals surface area contributed by atoms with Crippen LogP contribution in [0.25, 0.3) is 0 Å². The highest BCUT2D eigenvalue weighted by atomic mass is 16.6. The summed E-state index contributed by atoms with van der Waals surface area (Å²) in [6.07, 6.45) is 1.00. The van der Waals surface area contributed by atoms with Crippen molar-refractivity contribution in [1.29, 1.82) is 0 Å². The molecule has 0 aliphatic carbocycles. The molecule has 1 saturated heterocycles. The van der Waals surface area contributed by atoms with E-state index in [1.54, 1.807) is 0 Å². The monoisotopic (exact) mass is 279 g/mol. The van der Waals surface area contributed by atoms with Gasteiger partial charge in [-0.3, -0.25) is 25.0 Å². The third kappa shape index (κ3) is 2.09. The SMILES string of the molecule is Cc1c([N+](=O)[O-])cc([N+](=O)[O-])c(C)c1N1CCCC1=O. The lowest BCUT2D eigenvalue weighted by Gasteiger charge is -2.20. The number of rotatable bonds is 3. The molecule has 2 rings (SSSR count). The Hall–Kier alpha value is -2.51. The highest BCUT2D eigenvalue weighted by Crippen LogP contribution is 2.39. The quantitative estimate of drug-likeness (QED) is 0.623. The molecule has 1 fully saturated rings. The number of nitrogens with zero attached hydrogens (tertiary/aromatic N) is 3. The zero-order chi connectivity index (χ0) is 15.0. The van der Waals surface area contributed by atoms with E-state index in [-0.39, 0.29) is 28.4 Å². The van der Waals surface area contributed by atoms with E-state index in [9.17, 15) is 25.0 Å². The summed E-state index contributed by atoms with van der Waals surface area (Å²) in [5.41, 5.74) is 0.198. The Bertz CT molecular complexity index is 588. The van der Waals surface area contributed by atoms with Gasteiger partial charge in [0.2, 0.25) is 5.91 Å². The third-order valence-electron chi connectivity index (χ3n) is 3.49. The maximum Gasteiger partial charge on any atom is 0.281 e. The average molecular weight is 279 g/mol. The molecule has 20 heavy (non-hydrogen) atoms. The molecule has 1 aromatic carbocycles. The highest BCUT2D eigenvalue weighted by Gasteiger charge is 2.32. The lowest BCUT2D eigenvalue weighted by Crippen LogP contribution is -2.26. The van der Waals surface area contributed by atoms with Crippen LogP contribution in [0.5, 0.6) is 0 Å². The molecule has 0 unspecified atom stereocenters. The van der Waals surface area contributed by atoms with E-state index in [1.165, 1.54) is 18.7 Å². The summed E-state index contributed by atoms with van der Waals surface area (Å²) < 4.78 is 0. The Morgan fingerprint density at radius 1 is 1.10 bits per heavy atom. The molecule has 1 amide bonds. The van der Waals surface area contributed by atoms with Crippen LogP contribution in [0.2, 0.25) is 0 Å². The van der Waals surface area contributed by atoms with Crippen LogP contribution in [-0.2, 0) is 4.79 Å². The topological polar surface area (TPSA) is 107 Å². The molecule has 1 aliphatic rings. The molecule has 0 N–H and O–H groups in total. The van der Waals surface area contributed by atoms with Gasteiger partial charge in [0, 0.05) is 13.0 Å². The van der Waals surface area contributed by atoms with E-state index in [0.717, 1.165) is 6.07 Å². The van der Waals surface area contributed by atoms with E-state index in [1.807, 2.05) is 0 Å². The van der Waals surface area contributed by atoms with Crippen molar-refractivity contribution in [3.05, 3.63) is 37.4 Å². The number of hydrogen-bond acceptors (Lipinski definition) is 5. The van der Waals surface area contributed by atoms with Gasteiger partial charge in [0.05, 0.1) is 32.7 Å². The number of carbonyl (C=O) groups excluding carboxylic acids is 1. The molecule has 8 nitrogen and oxygen atoms in total. The van der Waals surface area contributed by atoms with Crippen LogP contribution in [0.4, 0.5) is 17.1 Å². The third-order valence-corrected chi connectivity index (χ3v) is 3.49. The number of benzene rings is 1. The summed E-state index contributed by atoms with van der Waals surface area (Å²) >= 11 is 0. The number of hydrogen-bond donors (Lipinski definition) is 0. The van der Waals surface area contributed by atoms with Gasteiger partial charge in [-0.05, 0) is 20.3 Å². The lowest BCUT2D eigenvalue weighted by atomic mass is 10.0. The molecule has 0 radical (unpaired) electrons. The van der Waals surface area contributed by atoms with E-state index < -0.39 is 9.85 Å². The molecule has 0 bridgehead atoms. The van der Waals surface area contributed by atoms with E-state index in [4.69, 9.17) is 0 Å². The smallest absolute Gasteiger partial charge is 0.281 e. The molecule has 0 saturated carbocycles. The Labute approximate surface area is 114 Å². The maximum absolute atomic E-state index is 11.8. The summed E-state index contributed by atoms with van der Waals surface area (Å²) in [5.74, 6) is -0.161. The fourth-order valence-corrected chi connectivity index (χ4v) is 2.54. The predicted molar refractivity (Wildman–Crippen MR) is 70.8 cm³/mol. The van der Waals surface area contributed by atoms with Crippen molar-refractivity contribution >= 4 is 23.0 Å². The van der Waals surface area contributed by atoms with Crippen LogP contribution < -0.4 is 4.90 Å². The van der Waals surface area contributed by atoms with Gasteiger partial charge in [0.15, 0.2) is 0 Å². The van der Waals surface area contributed by atoms with Crippen LogP contribution >= 0.6 is 0 Å².